The van der Waals surface area contributed by atoms with Crippen molar-refractivity contribution in [1.29, 1.82) is 0 Å². The van der Waals surface area contributed by atoms with Crippen molar-refractivity contribution in [1.82, 2.24) is 0 Å². The Morgan fingerprint density at radius 3 is 2.21 bits per heavy atom. The minimum absolute atomic E-state index is 0.253. The second-order valence-corrected chi connectivity index (χ2v) is 6.89. The van der Waals surface area contributed by atoms with Crippen molar-refractivity contribution >= 4 is 13.6 Å². The molecule has 0 saturated heterocycles. The molecule has 0 saturated carbocycles. The van der Waals surface area contributed by atoms with Gasteiger partial charge in [-0.25, -0.2) is 4.79 Å². The molecule has 7 heteroatoms. The molecule has 0 aromatic heterocycles. The second kappa shape index (κ2) is 6.07. The number of hydrogen-bond acceptors (Lipinski definition) is 6. The molecule has 0 N–H and O–H groups in total. The highest BCUT2D eigenvalue weighted by molar-refractivity contribution is 7.54. The molecular formula is C12H21O6P. The van der Waals surface area contributed by atoms with Gasteiger partial charge in [0.15, 0.2) is 0 Å². The predicted molar refractivity (Wildman–Crippen MR) is 69.7 cm³/mol. The summed E-state index contributed by atoms with van der Waals surface area (Å²) in [7, 11) is -3.36. The molecule has 6 nitrogen and oxygen atoms in total. The lowest BCUT2D eigenvalue weighted by Gasteiger charge is -2.34. The summed E-state index contributed by atoms with van der Waals surface area (Å²) >= 11 is 0. The van der Waals surface area contributed by atoms with Crippen LogP contribution in [0.4, 0.5) is 0 Å². The monoisotopic (exact) mass is 292 g/mol. The molecule has 1 aliphatic heterocycles. The summed E-state index contributed by atoms with van der Waals surface area (Å²) in [6.45, 7) is 8.82. The fraction of sp³-hybridized carbons (Fsp3) is 0.750. The van der Waals surface area contributed by atoms with Crippen LogP contribution in [0.3, 0.4) is 0 Å². The van der Waals surface area contributed by atoms with Gasteiger partial charge in [-0.05, 0) is 20.8 Å². The number of carbonyl (C=O) groups excluding carboxylic acids is 1. The third kappa shape index (κ3) is 4.06. The number of allylic oxidation sites excluding steroid dienone is 1. The molecule has 0 aromatic rings. The van der Waals surface area contributed by atoms with Crippen LogP contribution < -0.4 is 0 Å². The maximum absolute atomic E-state index is 12.6. The lowest BCUT2D eigenvalue weighted by atomic mass is 10.3. The van der Waals surface area contributed by atoms with E-state index in [2.05, 4.69) is 0 Å². The highest BCUT2D eigenvalue weighted by atomic mass is 31.2. The van der Waals surface area contributed by atoms with E-state index >= 15 is 0 Å². The first kappa shape index (κ1) is 16.2. The summed E-state index contributed by atoms with van der Waals surface area (Å²) in [4.78, 5) is 11.5. The lowest BCUT2D eigenvalue weighted by molar-refractivity contribution is -0.205. The largest absolute Gasteiger partial charge is 0.456 e. The van der Waals surface area contributed by atoms with Gasteiger partial charge in [0.2, 0.25) is 5.79 Å². The SMILES string of the molecule is CCOP(=O)(OCC)C(C)C1=CC(=O)OC(C)(C)O1. The van der Waals surface area contributed by atoms with Crippen LogP contribution in [0, 0.1) is 0 Å². The van der Waals surface area contributed by atoms with Crippen LogP contribution in [0.5, 0.6) is 0 Å². The molecule has 0 aromatic carbocycles. The molecule has 0 bridgehead atoms. The first-order chi connectivity index (χ1) is 8.74. The van der Waals surface area contributed by atoms with E-state index in [4.69, 9.17) is 18.5 Å². The smallest absolute Gasteiger partial charge is 0.340 e. The van der Waals surface area contributed by atoms with Crippen molar-refractivity contribution < 1.29 is 27.9 Å². The molecule has 0 aliphatic carbocycles. The molecular weight excluding hydrogens is 271 g/mol. The predicted octanol–water partition coefficient (Wildman–Crippen LogP) is 2.83. The zero-order valence-corrected chi connectivity index (χ0v) is 12.9. The third-order valence-corrected chi connectivity index (χ3v) is 4.91. The summed E-state index contributed by atoms with van der Waals surface area (Å²) < 4.78 is 33.6. The summed E-state index contributed by atoms with van der Waals surface area (Å²) in [5, 5.41) is 0. The Kier molecular flexibility index (Phi) is 5.18. The van der Waals surface area contributed by atoms with Gasteiger partial charge in [-0.2, -0.15) is 0 Å². The van der Waals surface area contributed by atoms with Crippen LogP contribution >= 0.6 is 7.60 Å². The normalized spacial score (nSPS) is 20.3. The molecule has 1 unspecified atom stereocenters. The molecule has 0 radical (unpaired) electrons. The zero-order chi connectivity index (χ0) is 14.7. The molecule has 0 amide bonds. The van der Waals surface area contributed by atoms with E-state index in [0.717, 1.165) is 0 Å². The number of esters is 1. The van der Waals surface area contributed by atoms with Gasteiger partial charge in [-0.15, -0.1) is 0 Å². The molecule has 1 aliphatic rings. The van der Waals surface area contributed by atoms with Crippen molar-refractivity contribution in [3.05, 3.63) is 11.8 Å². The highest BCUT2D eigenvalue weighted by Gasteiger charge is 2.41. The van der Waals surface area contributed by atoms with Crippen molar-refractivity contribution in [3.8, 4) is 0 Å². The van der Waals surface area contributed by atoms with E-state index < -0.39 is 25.0 Å². The van der Waals surface area contributed by atoms with Crippen molar-refractivity contribution in [2.75, 3.05) is 13.2 Å². The molecule has 0 spiro atoms. The van der Waals surface area contributed by atoms with Crippen LogP contribution in [0.25, 0.3) is 0 Å². The van der Waals surface area contributed by atoms with Crippen molar-refractivity contribution in [3.63, 3.8) is 0 Å². The van der Waals surface area contributed by atoms with Gasteiger partial charge in [0.05, 0.1) is 19.3 Å². The number of carbonyl (C=O) groups is 1. The maximum Gasteiger partial charge on any atom is 0.340 e. The molecule has 1 heterocycles. The molecule has 0 fully saturated rings. The van der Waals surface area contributed by atoms with Gasteiger partial charge in [0, 0.05) is 13.8 Å². The van der Waals surface area contributed by atoms with E-state index in [-0.39, 0.29) is 19.0 Å². The zero-order valence-electron chi connectivity index (χ0n) is 12.0. The average molecular weight is 292 g/mol. The van der Waals surface area contributed by atoms with Gasteiger partial charge in [-0.3, -0.25) is 4.57 Å². The molecule has 19 heavy (non-hydrogen) atoms. The summed E-state index contributed by atoms with van der Waals surface area (Å²) in [6, 6.07) is 0. The fourth-order valence-corrected chi connectivity index (χ4v) is 3.38. The number of ether oxygens (including phenoxy) is 2. The third-order valence-electron chi connectivity index (χ3n) is 2.47. The number of cyclic esters (lactones) is 1. The lowest BCUT2D eigenvalue weighted by Crippen LogP contribution is -2.36. The van der Waals surface area contributed by atoms with Crippen LogP contribution in [-0.4, -0.2) is 30.6 Å². The minimum Gasteiger partial charge on any atom is -0.456 e. The standard InChI is InChI=1S/C12H21O6P/c1-6-15-19(14,16-7-2)9(3)10-8-11(13)18-12(4,5)17-10/h8-9H,6-7H2,1-5H3. The molecule has 1 rings (SSSR count). The van der Waals surface area contributed by atoms with Crippen molar-refractivity contribution in [2.24, 2.45) is 0 Å². The molecule has 110 valence electrons. The van der Waals surface area contributed by atoms with E-state index in [0.29, 0.717) is 0 Å². The first-order valence-electron chi connectivity index (χ1n) is 6.26. The van der Waals surface area contributed by atoms with E-state index in [9.17, 15) is 9.36 Å². The molecule has 1 atom stereocenters. The number of rotatable bonds is 6. The van der Waals surface area contributed by atoms with Gasteiger partial charge in [0.1, 0.15) is 11.4 Å². The maximum atomic E-state index is 12.6. The quantitative estimate of drug-likeness (QED) is 0.553. The minimum atomic E-state index is -3.36. The second-order valence-electron chi connectivity index (χ2n) is 4.52. The summed E-state index contributed by atoms with van der Waals surface area (Å²) in [6.07, 6.45) is 1.18. The van der Waals surface area contributed by atoms with Gasteiger partial charge in [0.25, 0.3) is 0 Å². The summed E-state index contributed by atoms with van der Waals surface area (Å²) in [5.74, 6) is -1.36. The van der Waals surface area contributed by atoms with Crippen LogP contribution in [-0.2, 0) is 27.9 Å². The van der Waals surface area contributed by atoms with E-state index in [1.165, 1.54) is 6.08 Å². The topological polar surface area (TPSA) is 71.1 Å². The Balaban J connectivity index is 3.00. The van der Waals surface area contributed by atoms with E-state index in [1.807, 2.05) is 0 Å². The Labute approximate surface area is 113 Å². The van der Waals surface area contributed by atoms with Gasteiger partial charge in [-0.1, -0.05) is 0 Å². The number of hydrogen-bond donors (Lipinski definition) is 0. The van der Waals surface area contributed by atoms with Crippen LogP contribution in [0.1, 0.15) is 34.6 Å². The Morgan fingerprint density at radius 1 is 1.26 bits per heavy atom. The van der Waals surface area contributed by atoms with Crippen molar-refractivity contribution in [2.45, 2.75) is 46.1 Å². The van der Waals surface area contributed by atoms with Crippen LogP contribution in [0.2, 0.25) is 0 Å². The Bertz CT molecular complexity index is 404. The summed E-state index contributed by atoms with van der Waals surface area (Å²) in [5.41, 5.74) is -0.667. The van der Waals surface area contributed by atoms with Gasteiger partial charge < -0.3 is 18.5 Å². The van der Waals surface area contributed by atoms with Crippen LogP contribution in [0.15, 0.2) is 11.8 Å². The highest BCUT2D eigenvalue weighted by Crippen LogP contribution is 2.56. The van der Waals surface area contributed by atoms with Gasteiger partial charge >= 0.3 is 13.6 Å². The van der Waals surface area contributed by atoms with E-state index in [1.54, 1.807) is 34.6 Å². The Morgan fingerprint density at radius 2 is 1.79 bits per heavy atom. The Hall–Kier alpha value is -0.840. The average Bonchev–Trinajstić information content (AvgIpc) is 2.25. The fourth-order valence-electron chi connectivity index (χ4n) is 1.70. The first-order valence-corrected chi connectivity index (χ1v) is 7.87.